The largest absolute Gasteiger partial charge is 0.325 e. The SMILES string of the molecule is C1=C(C2CC2)NNC1. The zero-order valence-electron chi connectivity index (χ0n) is 4.78. The summed E-state index contributed by atoms with van der Waals surface area (Å²) < 4.78 is 0. The third-order valence-electron chi connectivity index (χ3n) is 1.67. The van der Waals surface area contributed by atoms with Crippen molar-refractivity contribution in [2.45, 2.75) is 12.8 Å². The smallest absolute Gasteiger partial charge is 0.0348 e. The van der Waals surface area contributed by atoms with E-state index in [0.717, 1.165) is 12.5 Å². The van der Waals surface area contributed by atoms with Gasteiger partial charge in [0.05, 0.1) is 0 Å². The van der Waals surface area contributed by atoms with Gasteiger partial charge in [-0.3, -0.25) is 0 Å². The van der Waals surface area contributed by atoms with Crippen LogP contribution in [0.2, 0.25) is 0 Å². The highest BCUT2D eigenvalue weighted by molar-refractivity contribution is 5.13. The lowest BCUT2D eigenvalue weighted by molar-refractivity contribution is 0.668. The molecule has 2 nitrogen and oxygen atoms in total. The van der Waals surface area contributed by atoms with E-state index in [2.05, 4.69) is 16.9 Å². The van der Waals surface area contributed by atoms with Crippen molar-refractivity contribution in [3.63, 3.8) is 0 Å². The van der Waals surface area contributed by atoms with Crippen molar-refractivity contribution in [1.82, 2.24) is 10.9 Å². The molecule has 2 rings (SSSR count). The average molecular weight is 110 g/mol. The number of rotatable bonds is 1. The Kier molecular flexibility index (Phi) is 0.815. The van der Waals surface area contributed by atoms with Crippen LogP contribution in [0.5, 0.6) is 0 Å². The molecule has 0 atom stereocenters. The summed E-state index contributed by atoms with van der Waals surface area (Å²) in [5.74, 6) is 0.880. The lowest BCUT2D eigenvalue weighted by Crippen LogP contribution is -2.24. The van der Waals surface area contributed by atoms with E-state index in [1.165, 1.54) is 18.5 Å². The van der Waals surface area contributed by atoms with Crippen LogP contribution in [-0.2, 0) is 0 Å². The van der Waals surface area contributed by atoms with Crippen molar-refractivity contribution >= 4 is 0 Å². The minimum atomic E-state index is 0.880. The zero-order valence-corrected chi connectivity index (χ0v) is 4.78. The van der Waals surface area contributed by atoms with Crippen molar-refractivity contribution in [2.24, 2.45) is 5.92 Å². The molecular formula is C6H10N2. The molecule has 8 heavy (non-hydrogen) atoms. The number of allylic oxidation sites excluding steroid dienone is 1. The highest BCUT2D eigenvalue weighted by Gasteiger charge is 2.26. The van der Waals surface area contributed by atoms with E-state index in [1.54, 1.807) is 0 Å². The molecule has 0 aromatic heterocycles. The molecule has 0 aromatic rings. The normalized spacial score (nSPS) is 27.2. The predicted molar refractivity (Wildman–Crippen MR) is 31.9 cm³/mol. The van der Waals surface area contributed by atoms with Crippen LogP contribution in [0.4, 0.5) is 0 Å². The Morgan fingerprint density at radius 1 is 1.50 bits per heavy atom. The maximum absolute atomic E-state index is 3.13. The molecule has 44 valence electrons. The summed E-state index contributed by atoms with van der Waals surface area (Å²) >= 11 is 0. The van der Waals surface area contributed by atoms with Gasteiger partial charge < -0.3 is 5.43 Å². The standard InChI is InChI=1S/C6H10N2/c1-2-5(1)6-3-4-7-8-6/h3,5,7-8H,1-2,4H2. The van der Waals surface area contributed by atoms with Crippen LogP contribution in [0, 0.1) is 5.92 Å². The Hall–Kier alpha value is -0.500. The fourth-order valence-corrected chi connectivity index (χ4v) is 1.03. The Balaban J connectivity index is 2.02. The summed E-state index contributed by atoms with van der Waals surface area (Å²) in [4.78, 5) is 0. The van der Waals surface area contributed by atoms with Crippen LogP contribution in [0.15, 0.2) is 11.8 Å². The molecule has 2 N–H and O–H groups in total. The van der Waals surface area contributed by atoms with Crippen molar-refractivity contribution in [3.05, 3.63) is 11.8 Å². The number of hydrogen-bond acceptors (Lipinski definition) is 2. The molecule has 0 unspecified atom stereocenters. The highest BCUT2D eigenvalue weighted by atomic mass is 15.4. The second kappa shape index (κ2) is 1.49. The number of hydrogen-bond donors (Lipinski definition) is 2. The molecule has 0 saturated heterocycles. The first-order valence-corrected chi connectivity index (χ1v) is 3.16. The molecule has 1 saturated carbocycles. The van der Waals surface area contributed by atoms with Crippen LogP contribution in [0.25, 0.3) is 0 Å². The van der Waals surface area contributed by atoms with Crippen molar-refractivity contribution in [1.29, 1.82) is 0 Å². The minimum Gasteiger partial charge on any atom is -0.325 e. The van der Waals surface area contributed by atoms with Crippen LogP contribution in [0.3, 0.4) is 0 Å². The maximum Gasteiger partial charge on any atom is 0.0348 e. The van der Waals surface area contributed by atoms with E-state index in [9.17, 15) is 0 Å². The van der Waals surface area contributed by atoms with E-state index in [-0.39, 0.29) is 0 Å². The molecule has 1 aliphatic carbocycles. The zero-order chi connectivity index (χ0) is 5.40. The fraction of sp³-hybridized carbons (Fsp3) is 0.667. The Bertz CT molecular complexity index is 124. The van der Waals surface area contributed by atoms with E-state index >= 15 is 0 Å². The quantitative estimate of drug-likeness (QED) is 0.510. The molecule has 0 radical (unpaired) electrons. The predicted octanol–water partition coefficient (Wildman–Crippen LogP) is 0.388. The van der Waals surface area contributed by atoms with Crippen molar-refractivity contribution in [3.8, 4) is 0 Å². The van der Waals surface area contributed by atoms with Gasteiger partial charge in [0.25, 0.3) is 0 Å². The second-order valence-electron chi connectivity index (χ2n) is 2.44. The fourth-order valence-electron chi connectivity index (χ4n) is 1.03. The van der Waals surface area contributed by atoms with Gasteiger partial charge in [0.15, 0.2) is 0 Å². The lowest BCUT2D eigenvalue weighted by Gasteiger charge is -1.98. The highest BCUT2D eigenvalue weighted by Crippen LogP contribution is 2.35. The summed E-state index contributed by atoms with van der Waals surface area (Å²) in [7, 11) is 0. The van der Waals surface area contributed by atoms with Gasteiger partial charge in [-0.05, 0) is 24.8 Å². The topological polar surface area (TPSA) is 24.1 Å². The first-order chi connectivity index (χ1) is 3.97. The van der Waals surface area contributed by atoms with Crippen LogP contribution in [0.1, 0.15) is 12.8 Å². The summed E-state index contributed by atoms with van der Waals surface area (Å²) in [5.41, 5.74) is 7.60. The average Bonchev–Trinajstić information content (AvgIpc) is 2.49. The molecular weight excluding hydrogens is 100 g/mol. The summed E-state index contributed by atoms with van der Waals surface area (Å²) in [6.07, 6.45) is 5.01. The summed E-state index contributed by atoms with van der Waals surface area (Å²) in [6, 6.07) is 0. The first-order valence-electron chi connectivity index (χ1n) is 3.16. The molecule has 1 fully saturated rings. The second-order valence-corrected chi connectivity index (χ2v) is 2.44. The maximum atomic E-state index is 3.13. The molecule has 0 bridgehead atoms. The van der Waals surface area contributed by atoms with Crippen LogP contribution in [-0.4, -0.2) is 6.54 Å². The minimum absolute atomic E-state index is 0.880. The van der Waals surface area contributed by atoms with E-state index < -0.39 is 0 Å². The van der Waals surface area contributed by atoms with E-state index in [0.29, 0.717) is 0 Å². The van der Waals surface area contributed by atoms with E-state index in [1.807, 2.05) is 0 Å². The molecule has 0 amide bonds. The van der Waals surface area contributed by atoms with Crippen LogP contribution < -0.4 is 10.9 Å². The molecule has 0 spiro atoms. The molecule has 2 aliphatic rings. The van der Waals surface area contributed by atoms with Gasteiger partial charge in [0.2, 0.25) is 0 Å². The van der Waals surface area contributed by atoms with Crippen molar-refractivity contribution in [2.75, 3.05) is 6.54 Å². The van der Waals surface area contributed by atoms with Gasteiger partial charge in [-0.2, -0.15) is 0 Å². The molecule has 2 heteroatoms. The van der Waals surface area contributed by atoms with Gasteiger partial charge in [-0.1, -0.05) is 0 Å². The number of nitrogens with one attached hydrogen (secondary N) is 2. The van der Waals surface area contributed by atoms with Crippen LogP contribution >= 0.6 is 0 Å². The number of hydrazine groups is 1. The van der Waals surface area contributed by atoms with Gasteiger partial charge in [0, 0.05) is 12.2 Å². The Morgan fingerprint density at radius 2 is 2.38 bits per heavy atom. The molecule has 1 heterocycles. The Morgan fingerprint density at radius 3 is 2.88 bits per heavy atom. The molecule has 1 aliphatic heterocycles. The lowest BCUT2D eigenvalue weighted by atomic mass is 10.3. The monoisotopic (exact) mass is 110 g/mol. The van der Waals surface area contributed by atoms with Gasteiger partial charge in [-0.25, -0.2) is 5.43 Å². The Labute approximate surface area is 48.9 Å². The van der Waals surface area contributed by atoms with E-state index in [4.69, 9.17) is 0 Å². The summed E-state index contributed by atoms with van der Waals surface area (Å²) in [5, 5.41) is 0. The third-order valence-corrected chi connectivity index (χ3v) is 1.67. The van der Waals surface area contributed by atoms with Gasteiger partial charge in [0.1, 0.15) is 0 Å². The van der Waals surface area contributed by atoms with Crippen molar-refractivity contribution < 1.29 is 0 Å². The first kappa shape index (κ1) is 4.39. The summed E-state index contributed by atoms with van der Waals surface area (Å²) in [6.45, 7) is 1.01. The van der Waals surface area contributed by atoms with Gasteiger partial charge >= 0.3 is 0 Å². The molecule has 0 aromatic carbocycles. The third kappa shape index (κ3) is 0.611. The van der Waals surface area contributed by atoms with Gasteiger partial charge in [-0.15, -0.1) is 0 Å².